The van der Waals surface area contributed by atoms with Gasteiger partial charge in [-0.05, 0) is 57.9 Å². The second-order valence-electron chi connectivity index (χ2n) is 3.61. The first kappa shape index (κ1) is 12.0. The van der Waals surface area contributed by atoms with Crippen molar-refractivity contribution in [1.82, 2.24) is 0 Å². The van der Waals surface area contributed by atoms with Crippen LogP contribution in [0.2, 0.25) is 0 Å². The number of halogens is 3. The molecule has 0 spiro atoms. The lowest BCUT2D eigenvalue weighted by atomic mass is 10.2. The summed E-state index contributed by atoms with van der Waals surface area (Å²) >= 11 is 3.13. The van der Waals surface area contributed by atoms with E-state index in [9.17, 15) is 8.78 Å². The highest BCUT2D eigenvalue weighted by atomic mass is 79.9. The van der Waals surface area contributed by atoms with Crippen molar-refractivity contribution in [3.8, 4) is 0 Å². The highest BCUT2D eigenvalue weighted by Gasteiger charge is 2.00. The Hall–Kier alpha value is -1.42. The third kappa shape index (κ3) is 3.27. The Bertz CT molecular complexity index is 511. The van der Waals surface area contributed by atoms with E-state index in [2.05, 4.69) is 21.2 Å². The van der Waals surface area contributed by atoms with Crippen LogP contribution in [0.25, 0.3) is 0 Å². The maximum Gasteiger partial charge on any atom is 0.137 e. The molecular weight excluding hydrogens is 288 g/mol. The van der Waals surface area contributed by atoms with Crippen LogP contribution in [-0.2, 0) is 6.54 Å². The van der Waals surface area contributed by atoms with Gasteiger partial charge < -0.3 is 5.32 Å². The first-order chi connectivity index (χ1) is 8.15. The van der Waals surface area contributed by atoms with Crippen molar-refractivity contribution in [3.63, 3.8) is 0 Å². The van der Waals surface area contributed by atoms with E-state index in [0.29, 0.717) is 11.0 Å². The molecule has 0 atom stereocenters. The van der Waals surface area contributed by atoms with Crippen LogP contribution in [0.5, 0.6) is 0 Å². The van der Waals surface area contributed by atoms with E-state index in [4.69, 9.17) is 0 Å². The Morgan fingerprint density at radius 3 is 2.35 bits per heavy atom. The molecule has 4 heteroatoms. The molecule has 0 aliphatic carbocycles. The molecule has 17 heavy (non-hydrogen) atoms. The van der Waals surface area contributed by atoms with Crippen LogP contribution in [-0.4, -0.2) is 0 Å². The topological polar surface area (TPSA) is 12.0 Å². The lowest BCUT2D eigenvalue weighted by molar-refractivity contribution is 0.620. The highest BCUT2D eigenvalue weighted by molar-refractivity contribution is 9.10. The van der Waals surface area contributed by atoms with Gasteiger partial charge in [0.1, 0.15) is 11.6 Å². The minimum Gasteiger partial charge on any atom is -0.381 e. The normalized spacial score (nSPS) is 10.3. The second kappa shape index (κ2) is 5.27. The van der Waals surface area contributed by atoms with E-state index in [1.807, 2.05) is 0 Å². The molecule has 0 aliphatic rings. The van der Waals surface area contributed by atoms with Gasteiger partial charge in [-0.2, -0.15) is 0 Å². The summed E-state index contributed by atoms with van der Waals surface area (Å²) in [6, 6.07) is 10.9. The standard InChI is InChI=1S/C13H10BrF2N/c14-12-7-9(1-6-13(12)16)8-17-11-4-2-10(15)3-5-11/h1-7,17H,8H2. The van der Waals surface area contributed by atoms with Gasteiger partial charge in [0.25, 0.3) is 0 Å². The van der Waals surface area contributed by atoms with Crippen molar-refractivity contribution >= 4 is 21.6 Å². The predicted octanol–water partition coefficient (Wildman–Crippen LogP) is 4.34. The molecule has 0 aromatic heterocycles. The van der Waals surface area contributed by atoms with Gasteiger partial charge in [-0.3, -0.25) is 0 Å². The molecule has 2 aromatic carbocycles. The molecule has 0 amide bonds. The Morgan fingerprint density at radius 1 is 1.00 bits per heavy atom. The Balaban J connectivity index is 2.02. The average Bonchev–Trinajstić information content (AvgIpc) is 2.33. The van der Waals surface area contributed by atoms with Gasteiger partial charge in [0.05, 0.1) is 4.47 Å². The fourth-order valence-corrected chi connectivity index (χ4v) is 1.85. The number of hydrogen-bond acceptors (Lipinski definition) is 1. The Morgan fingerprint density at radius 2 is 1.71 bits per heavy atom. The first-order valence-electron chi connectivity index (χ1n) is 5.08. The van der Waals surface area contributed by atoms with Gasteiger partial charge >= 0.3 is 0 Å². The third-order valence-corrected chi connectivity index (χ3v) is 2.93. The maximum absolute atomic E-state index is 13.0. The molecule has 0 aliphatic heterocycles. The molecule has 0 fully saturated rings. The van der Waals surface area contributed by atoms with E-state index in [-0.39, 0.29) is 11.6 Å². The number of hydrogen-bond donors (Lipinski definition) is 1. The fraction of sp³-hybridized carbons (Fsp3) is 0.0769. The molecule has 0 radical (unpaired) electrons. The van der Waals surface area contributed by atoms with E-state index >= 15 is 0 Å². The summed E-state index contributed by atoms with van der Waals surface area (Å²) in [5.41, 5.74) is 1.77. The summed E-state index contributed by atoms with van der Waals surface area (Å²) in [5, 5.41) is 3.12. The SMILES string of the molecule is Fc1ccc(NCc2ccc(F)c(Br)c2)cc1. The van der Waals surface area contributed by atoms with Crippen molar-refractivity contribution in [2.45, 2.75) is 6.54 Å². The number of anilines is 1. The van der Waals surface area contributed by atoms with Crippen LogP contribution in [0.4, 0.5) is 14.5 Å². The smallest absolute Gasteiger partial charge is 0.137 e. The molecule has 2 rings (SSSR count). The molecule has 0 saturated heterocycles. The first-order valence-corrected chi connectivity index (χ1v) is 5.88. The quantitative estimate of drug-likeness (QED) is 0.889. The summed E-state index contributed by atoms with van der Waals surface area (Å²) in [6.07, 6.45) is 0. The van der Waals surface area contributed by atoms with Crippen LogP contribution < -0.4 is 5.32 Å². The van der Waals surface area contributed by atoms with Gasteiger partial charge in [-0.15, -0.1) is 0 Å². The minimum atomic E-state index is -0.282. The zero-order chi connectivity index (χ0) is 12.3. The van der Waals surface area contributed by atoms with Crippen LogP contribution in [0.15, 0.2) is 46.9 Å². The molecular formula is C13H10BrF2N. The third-order valence-electron chi connectivity index (χ3n) is 2.32. The van der Waals surface area contributed by atoms with Gasteiger partial charge in [-0.1, -0.05) is 6.07 Å². The van der Waals surface area contributed by atoms with Crippen LogP contribution in [0.3, 0.4) is 0 Å². The summed E-state index contributed by atoms with van der Waals surface area (Å²) in [7, 11) is 0. The molecule has 2 aromatic rings. The van der Waals surface area contributed by atoms with Crippen molar-refractivity contribution in [2.24, 2.45) is 0 Å². The van der Waals surface area contributed by atoms with E-state index in [1.54, 1.807) is 24.3 Å². The monoisotopic (exact) mass is 297 g/mol. The zero-order valence-corrected chi connectivity index (χ0v) is 10.5. The maximum atomic E-state index is 13.0. The second-order valence-corrected chi connectivity index (χ2v) is 4.46. The van der Waals surface area contributed by atoms with E-state index in [0.717, 1.165) is 11.3 Å². The molecule has 0 bridgehead atoms. The summed E-state index contributed by atoms with van der Waals surface area (Å²) in [5.74, 6) is -0.546. The Labute approximate surface area is 107 Å². The van der Waals surface area contributed by atoms with Gasteiger partial charge in [-0.25, -0.2) is 8.78 Å². The molecule has 1 nitrogen and oxygen atoms in total. The van der Waals surface area contributed by atoms with Crippen molar-refractivity contribution < 1.29 is 8.78 Å². The van der Waals surface area contributed by atoms with Gasteiger partial charge in [0.2, 0.25) is 0 Å². The Kier molecular flexibility index (Phi) is 3.74. The average molecular weight is 298 g/mol. The van der Waals surface area contributed by atoms with Crippen molar-refractivity contribution in [2.75, 3.05) is 5.32 Å². The summed E-state index contributed by atoms with van der Waals surface area (Å²) in [4.78, 5) is 0. The number of nitrogens with one attached hydrogen (secondary N) is 1. The van der Waals surface area contributed by atoms with Crippen molar-refractivity contribution in [1.29, 1.82) is 0 Å². The molecule has 0 unspecified atom stereocenters. The van der Waals surface area contributed by atoms with Gasteiger partial charge in [0.15, 0.2) is 0 Å². The number of benzene rings is 2. The van der Waals surface area contributed by atoms with Crippen molar-refractivity contribution in [3.05, 3.63) is 64.1 Å². The minimum absolute atomic E-state index is 0.264. The van der Waals surface area contributed by atoms with Crippen LogP contribution in [0, 0.1) is 11.6 Å². The summed E-state index contributed by atoms with van der Waals surface area (Å²) < 4.78 is 26.1. The molecule has 88 valence electrons. The number of rotatable bonds is 3. The zero-order valence-electron chi connectivity index (χ0n) is 8.88. The largest absolute Gasteiger partial charge is 0.381 e. The van der Waals surface area contributed by atoms with Crippen LogP contribution >= 0.6 is 15.9 Å². The fourth-order valence-electron chi connectivity index (χ4n) is 1.42. The lowest BCUT2D eigenvalue weighted by Crippen LogP contribution is -1.99. The van der Waals surface area contributed by atoms with E-state index < -0.39 is 0 Å². The summed E-state index contributed by atoms with van der Waals surface area (Å²) in [6.45, 7) is 0.560. The van der Waals surface area contributed by atoms with E-state index in [1.165, 1.54) is 18.2 Å². The molecule has 1 N–H and O–H groups in total. The lowest BCUT2D eigenvalue weighted by Gasteiger charge is -2.07. The predicted molar refractivity (Wildman–Crippen MR) is 67.8 cm³/mol. The highest BCUT2D eigenvalue weighted by Crippen LogP contribution is 2.18. The van der Waals surface area contributed by atoms with Gasteiger partial charge in [0, 0.05) is 12.2 Å². The van der Waals surface area contributed by atoms with Crippen LogP contribution in [0.1, 0.15) is 5.56 Å². The molecule has 0 saturated carbocycles. The molecule has 0 heterocycles.